The molecule has 0 bridgehead atoms. The second-order valence-electron chi connectivity index (χ2n) is 1.97. The first-order chi connectivity index (χ1) is 5.35. The van der Waals surface area contributed by atoms with Crippen LogP contribution in [0.3, 0.4) is 0 Å². The normalized spacial score (nSPS) is 14.8. The summed E-state index contributed by atoms with van der Waals surface area (Å²) in [6, 6.07) is 0. The lowest BCUT2D eigenvalue weighted by Gasteiger charge is -2.01. The fraction of sp³-hybridized carbons (Fsp3) is 0.500. The van der Waals surface area contributed by atoms with Crippen molar-refractivity contribution in [1.29, 1.82) is 0 Å². The van der Waals surface area contributed by atoms with Gasteiger partial charge in [0, 0.05) is 0 Å². The van der Waals surface area contributed by atoms with Crippen LogP contribution in [0.1, 0.15) is 6.92 Å². The third-order valence-electron chi connectivity index (χ3n) is 1.17. The first-order valence-corrected chi connectivity index (χ1v) is 5.32. The van der Waals surface area contributed by atoms with Crippen LogP contribution in [0.4, 0.5) is 0 Å². The molecule has 0 aromatic carbocycles. The molecule has 0 saturated carbocycles. The van der Waals surface area contributed by atoms with Crippen LogP contribution in [0.2, 0.25) is 0 Å². The van der Waals surface area contributed by atoms with E-state index in [9.17, 15) is 0 Å². The molecule has 0 aliphatic rings. The number of hydrogen-bond donors (Lipinski definition) is 2. The minimum Gasteiger partial charge on any atom is -0.392 e. The largest absolute Gasteiger partial charge is 0.392 e. The summed E-state index contributed by atoms with van der Waals surface area (Å²) in [5.41, 5.74) is 0. The fourth-order valence-corrected chi connectivity index (χ4v) is 1.88. The molecule has 0 radical (unpaired) electrons. The van der Waals surface area contributed by atoms with E-state index < -0.39 is 0 Å². The van der Waals surface area contributed by atoms with Crippen LogP contribution in [0.15, 0.2) is 23.8 Å². The van der Waals surface area contributed by atoms with E-state index in [0.29, 0.717) is 0 Å². The Morgan fingerprint density at radius 3 is 1.82 bits per heavy atom. The average Bonchev–Trinajstić information content (AvgIpc) is 2.05. The molecule has 0 fully saturated rings. The van der Waals surface area contributed by atoms with Crippen molar-refractivity contribution in [3.8, 4) is 0 Å². The minimum atomic E-state index is -0.251. The smallest absolute Gasteiger partial charge is 0.0615 e. The van der Waals surface area contributed by atoms with E-state index in [1.165, 1.54) is 0 Å². The lowest BCUT2D eigenvalue weighted by Crippen LogP contribution is -1.75. The molecule has 0 spiro atoms. The number of hydrogen-bond acceptors (Lipinski definition) is 2. The molecule has 2 nitrogen and oxygen atoms in total. The van der Waals surface area contributed by atoms with Gasteiger partial charge in [0.05, 0.1) is 13.2 Å². The monoisotopic (exact) mass is 174 g/mol. The molecule has 0 amide bonds. The van der Waals surface area contributed by atoms with Crippen LogP contribution in [0.25, 0.3) is 0 Å². The highest BCUT2D eigenvalue weighted by atomic mass is 31.1. The predicted octanol–water partition coefficient (Wildman–Crippen LogP) is 1.50. The summed E-state index contributed by atoms with van der Waals surface area (Å²) in [7, 11) is -0.251. The zero-order chi connectivity index (χ0) is 8.53. The van der Waals surface area contributed by atoms with E-state index >= 15 is 0 Å². The molecule has 0 heterocycles. The molecule has 11 heavy (non-hydrogen) atoms. The topological polar surface area (TPSA) is 40.5 Å². The molecule has 0 aromatic heterocycles. The summed E-state index contributed by atoms with van der Waals surface area (Å²) in [6.45, 7) is 2.30. The highest BCUT2D eigenvalue weighted by Gasteiger charge is 1.92. The Morgan fingerprint density at radius 1 is 1.09 bits per heavy atom. The maximum absolute atomic E-state index is 8.49. The fourth-order valence-electron chi connectivity index (χ4n) is 0.626. The molecule has 0 aromatic rings. The van der Waals surface area contributed by atoms with Crippen molar-refractivity contribution < 1.29 is 10.2 Å². The van der Waals surface area contributed by atoms with Gasteiger partial charge in [0.1, 0.15) is 0 Å². The quantitative estimate of drug-likeness (QED) is 0.620. The van der Waals surface area contributed by atoms with Crippen molar-refractivity contribution in [2.75, 3.05) is 19.4 Å². The molecule has 2 N–H and O–H groups in total. The summed E-state index contributed by atoms with van der Waals surface area (Å²) < 4.78 is 0. The molecule has 0 aliphatic carbocycles. The molecule has 0 aliphatic heterocycles. The van der Waals surface area contributed by atoms with Crippen LogP contribution in [0.5, 0.6) is 0 Å². The van der Waals surface area contributed by atoms with Crippen molar-refractivity contribution in [2.24, 2.45) is 0 Å². The van der Waals surface area contributed by atoms with Gasteiger partial charge in [0.25, 0.3) is 0 Å². The molecular formula is C8H15O2P. The second kappa shape index (κ2) is 7.93. The van der Waals surface area contributed by atoms with Crippen LogP contribution in [-0.2, 0) is 0 Å². The van der Waals surface area contributed by atoms with Crippen LogP contribution < -0.4 is 0 Å². The Morgan fingerprint density at radius 2 is 1.55 bits per heavy atom. The highest BCUT2D eigenvalue weighted by molar-refractivity contribution is 7.63. The lowest BCUT2D eigenvalue weighted by atomic mass is 10.7. The van der Waals surface area contributed by atoms with Crippen LogP contribution >= 0.6 is 7.92 Å². The molecule has 3 heteroatoms. The molecule has 0 unspecified atom stereocenters. The first kappa shape index (κ1) is 10.8. The van der Waals surface area contributed by atoms with Crippen molar-refractivity contribution in [1.82, 2.24) is 0 Å². The van der Waals surface area contributed by atoms with Gasteiger partial charge in [-0.3, -0.25) is 0 Å². The predicted molar refractivity (Wildman–Crippen MR) is 49.9 cm³/mol. The minimum absolute atomic E-state index is 0.103. The van der Waals surface area contributed by atoms with Gasteiger partial charge in [-0.25, -0.2) is 0 Å². The Balaban J connectivity index is 3.75. The maximum Gasteiger partial charge on any atom is 0.0615 e. The summed E-state index contributed by atoms with van der Waals surface area (Å²) in [5, 5.41) is 17.0. The van der Waals surface area contributed by atoms with Crippen molar-refractivity contribution in [2.45, 2.75) is 6.92 Å². The van der Waals surface area contributed by atoms with Gasteiger partial charge < -0.3 is 10.2 Å². The van der Waals surface area contributed by atoms with E-state index in [2.05, 4.69) is 6.92 Å². The third kappa shape index (κ3) is 6.24. The number of aliphatic hydroxyl groups is 2. The van der Waals surface area contributed by atoms with Crippen LogP contribution in [-0.4, -0.2) is 29.6 Å². The summed E-state index contributed by atoms with van der Waals surface area (Å²) in [5.74, 6) is 4.00. The van der Waals surface area contributed by atoms with Gasteiger partial charge in [-0.05, 0) is 6.16 Å². The Labute approximate surface area is 69.0 Å². The van der Waals surface area contributed by atoms with Gasteiger partial charge in [0.2, 0.25) is 0 Å². The summed E-state index contributed by atoms with van der Waals surface area (Å²) >= 11 is 0. The summed E-state index contributed by atoms with van der Waals surface area (Å²) in [6.07, 6.45) is 4.55. The maximum atomic E-state index is 8.49. The Bertz CT molecular complexity index is 118. The highest BCUT2D eigenvalue weighted by Crippen LogP contribution is 2.37. The van der Waals surface area contributed by atoms with E-state index in [1.54, 1.807) is 12.2 Å². The van der Waals surface area contributed by atoms with E-state index in [-0.39, 0.29) is 21.1 Å². The Hall–Kier alpha value is -0.170. The van der Waals surface area contributed by atoms with Gasteiger partial charge in [-0.2, -0.15) is 0 Å². The first-order valence-electron chi connectivity index (χ1n) is 3.66. The molecule has 0 atom stereocenters. The van der Waals surface area contributed by atoms with Gasteiger partial charge in [-0.1, -0.05) is 38.6 Å². The lowest BCUT2D eigenvalue weighted by molar-refractivity contribution is 0.343. The van der Waals surface area contributed by atoms with Crippen molar-refractivity contribution >= 4 is 7.92 Å². The standard InChI is InChI=1S/C8H15O2P/c1-2-11(7-3-5-9)8-4-6-10/h3-4,7-10H,2,5-6H2,1H3. The van der Waals surface area contributed by atoms with Crippen molar-refractivity contribution in [3.63, 3.8) is 0 Å². The molecule has 0 rings (SSSR count). The van der Waals surface area contributed by atoms with Crippen molar-refractivity contribution in [3.05, 3.63) is 23.8 Å². The van der Waals surface area contributed by atoms with Gasteiger partial charge in [-0.15, -0.1) is 0 Å². The number of rotatable bonds is 5. The third-order valence-corrected chi connectivity index (χ3v) is 3.09. The average molecular weight is 174 g/mol. The zero-order valence-electron chi connectivity index (χ0n) is 6.77. The van der Waals surface area contributed by atoms with E-state index in [4.69, 9.17) is 10.2 Å². The van der Waals surface area contributed by atoms with Gasteiger partial charge >= 0.3 is 0 Å². The van der Waals surface area contributed by atoms with Gasteiger partial charge in [0.15, 0.2) is 0 Å². The molecule has 64 valence electrons. The van der Waals surface area contributed by atoms with E-state index in [0.717, 1.165) is 6.16 Å². The second-order valence-corrected chi connectivity index (χ2v) is 4.22. The number of aliphatic hydroxyl groups excluding tert-OH is 2. The van der Waals surface area contributed by atoms with E-state index in [1.807, 2.05) is 11.6 Å². The zero-order valence-corrected chi connectivity index (χ0v) is 7.67. The SMILES string of the molecule is CCP(C=CCO)C=CCO. The molecule has 0 saturated heterocycles. The molecular weight excluding hydrogens is 159 g/mol. The Kier molecular flexibility index (Phi) is 7.81. The summed E-state index contributed by atoms with van der Waals surface area (Å²) in [4.78, 5) is 0. The van der Waals surface area contributed by atoms with Crippen LogP contribution in [0, 0.1) is 0 Å².